The Morgan fingerprint density at radius 1 is 0.691 bits per heavy atom. The van der Waals surface area contributed by atoms with Gasteiger partial charge in [-0.15, -0.1) is 5.10 Å². The van der Waals surface area contributed by atoms with Crippen LogP contribution < -0.4 is 5.32 Å². The lowest BCUT2D eigenvalue weighted by Gasteiger charge is -2.14. The molecule has 0 bridgehead atoms. The van der Waals surface area contributed by atoms with Gasteiger partial charge in [0.25, 0.3) is 17.0 Å². The molecular formula is C37H34Br3Cl3N4O8. The Kier molecular flexibility index (Phi) is 21.1. The summed E-state index contributed by atoms with van der Waals surface area (Å²) in [6, 6.07) is 24.3. The highest BCUT2D eigenvalue weighted by Crippen LogP contribution is 2.29. The lowest BCUT2D eigenvalue weighted by atomic mass is 10.2. The van der Waals surface area contributed by atoms with Gasteiger partial charge in [0.15, 0.2) is 5.82 Å². The SMILES string of the molecule is C.C.COC(=O)C(NC(=O)c1ccc(Br)cc1)C(=O)OC.COC(=O)c1nc(-c2ccc(Br)cc2)n(-c2ccc(Cl)cc2Cl)n1.O=C(Cl)c1ccc(Br)cc1. The van der Waals surface area contributed by atoms with Gasteiger partial charge in [-0.3, -0.25) is 9.59 Å². The van der Waals surface area contributed by atoms with Crippen molar-refractivity contribution >= 4 is 112 Å². The van der Waals surface area contributed by atoms with Crippen LogP contribution in [0.4, 0.5) is 0 Å². The summed E-state index contributed by atoms with van der Waals surface area (Å²) in [5, 5.41) is 6.95. The number of hydrogen-bond acceptors (Lipinski definition) is 10. The van der Waals surface area contributed by atoms with Gasteiger partial charge in [0, 0.05) is 35.1 Å². The first-order chi connectivity index (χ1) is 25.2. The van der Waals surface area contributed by atoms with Crippen LogP contribution in [0.1, 0.15) is 46.2 Å². The molecule has 0 aliphatic rings. The molecule has 0 aliphatic carbocycles. The molecule has 1 N–H and O–H groups in total. The average molecular weight is 1010 g/mol. The van der Waals surface area contributed by atoms with Crippen LogP contribution in [0.25, 0.3) is 17.1 Å². The van der Waals surface area contributed by atoms with Gasteiger partial charge in [0.2, 0.25) is 6.04 Å². The van der Waals surface area contributed by atoms with Gasteiger partial charge < -0.3 is 19.5 Å². The second kappa shape index (κ2) is 23.7. The topological polar surface area (TPSA) is 156 Å². The van der Waals surface area contributed by atoms with E-state index in [1.807, 2.05) is 24.3 Å². The number of hydrogen-bond donors (Lipinski definition) is 1. The van der Waals surface area contributed by atoms with Crippen molar-refractivity contribution in [3.63, 3.8) is 0 Å². The maximum Gasteiger partial charge on any atom is 0.377 e. The summed E-state index contributed by atoms with van der Waals surface area (Å²) in [5.41, 5.74) is 2.15. The van der Waals surface area contributed by atoms with E-state index in [1.165, 1.54) is 11.8 Å². The molecule has 12 nitrogen and oxygen atoms in total. The van der Waals surface area contributed by atoms with Gasteiger partial charge in [-0.2, -0.15) is 0 Å². The maximum atomic E-state index is 11.9. The second-order valence-electron chi connectivity index (χ2n) is 10.0. The van der Waals surface area contributed by atoms with Gasteiger partial charge in [-0.05, 0) is 90.5 Å². The van der Waals surface area contributed by atoms with Crippen molar-refractivity contribution in [1.29, 1.82) is 0 Å². The summed E-state index contributed by atoms with van der Waals surface area (Å²) in [4.78, 5) is 61.3. The molecule has 0 spiro atoms. The van der Waals surface area contributed by atoms with E-state index in [1.54, 1.807) is 66.7 Å². The Balaban J connectivity index is 0.000000437. The summed E-state index contributed by atoms with van der Waals surface area (Å²) in [6.45, 7) is 0. The fourth-order valence-corrected chi connectivity index (χ4v) is 5.35. The molecule has 0 atom stereocenters. The molecule has 1 heterocycles. The third-order valence-electron chi connectivity index (χ3n) is 6.54. The predicted molar refractivity (Wildman–Crippen MR) is 223 cm³/mol. The first-order valence-electron chi connectivity index (χ1n) is 14.6. The van der Waals surface area contributed by atoms with Gasteiger partial charge in [-0.25, -0.2) is 24.0 Å². The Hall–Kier alpha value is -4.12. The standard InChI is InChI=1S/C16H10BrCl2N3O2.C12H12BrNO5.C7H4BrClO.2CH4/c1-24-16(23)14-20-15(9-2-4-10(17)5-3-9)22(21-14)13-7-6-11(18)8-12(13)19;1-18-11(16)9(12(17)19-2)14-10(15)7-3-5-8(13)6-4-7;8-6-3-1-5(2-4-6)7(9)10;;/h2-8H,1H3;3-6,9H,1-2H3,(H,14,15);1-4H;2*1H4. The molecule has 1 aromatic heterocycles. The van der Waals surface area contributed by atoms with Crippen LogP contribution in [0.2, 0.25) is 10.0 Å². The van der Waals surface area contributed by atoms with E-state index in [4.69, 9.17) is 39.5 Å². The number of ether oxygens (including phenoxy) is 3. The molecule has 18 heteroatoms. The summed E-state index contributed by atoms with van der Waals surface area (Å²) in [6.07, 6.45) is 0. The molecule has 1 amide bonds. The van der Waals surface area contributed by atoms with Gasteiger partial charge in [-0.1, -0.05) is 98.0 Å². The number of carbonyl (C=O) groups is 5. The van der Waals surface area contributed by atoms with Crippen molar-refractivity contribution in [1.82, 2.24) is 20.1 Å². The number of esters is 3. The highest BCUT2D eigenvalue weighted by molar-refractivity contribution is 9.11. The van der Waals surface area contributed by atoms with E-state index >= 15 is 0 Å². The minimum absolute atomic E-state index is 0. The fourth-order valence-electron chi connectivity index (χ4n) is 3.94. The van der Waals surface area contributed by atoms with E-state index < -0.39 is 35.1 Å². The molecule has 55 heavy (non-hydrogen) atoms. The lowest BCUT2D eigenvalue weighted by molar-refractivity contribution is -0.154. The van der Waals surface area contributed by atoms with Crippen molar-refractivity contribution in [2.75, 3.05) is 21.3 Å². The van der Waals surface area contributed by atoms with Crippen molar-refractivity contribution in [2.45, 2.75) is 20.9 Å². The van der Waals surface area contributed by atoms with Gasteiger partial charge in [0.1, 0.15) is 0 Å². The second-order valence-corrected chi connectivity index (χ2v) is 13.9. The number of amides is 1. The summed E-state index contributed by atoms with van der Waals surface area (Å²) >= 11 is 27.3. The minimum Gasteiger partial charge on any atom is -0.467 e. The minimum atomic E-state index is -1.48. The van der Waals surface area contributed by atoms with Crippen LogP contribution >= 0.6 is 82.6 Å². The number of methoxy groups -OCH3 is 3. The van der Waals surface area contributed by atoms with Crippen molar-refractivity contribution in [3.05, 3.63) is 131 Å². The number of halogens is 6. The predicted octanol–water partition coefficient (Wildman–Crippen LogP) is 9.78. The Labute approximate surface area is 358 Å². The zero-order valence-electron chi connectivity index (χ0n) is 27.6. The van der Waals surface area contributed by atoms with E-state index in [9.17, 15) is 24.0 Å². The molecule has 0 saturated heterocycles. The van der Waals surface area contributed by atoms with Gasteiger partial charge in [0.05, 0.1) is 32.0 Å². The van der Waals surface area contributed by atoms with Crippen LogP contribution in [0.3, 0.4) is 0 Å². The van der Waals surface area contributed by atoms with Crippen molar-refractivity contribution in [2.24, 2.45) is 0 Å². The van der Waals surface area contributed by atoms with Gasteiger partial charge >= 0.3 is 17.9 Å². The van der Waals surface area contributed by atoms with Crippen LogP contribution in [0.15, 0.2) is 104 Å². The third-order valence-corrected chi connectivity index (χ3v) is 8.88. The molecule has 0 unspecified atom stereocenters. The summed E-state index contributed by atoms with van der Waals surface area (Å²) in [7, 11) is 3.51. The summed E-state index contributed by atoms with van der Waals surface area (Å²) in [5.74, 6) is -2.58. The zero-order valence-corrected chi connectivity index (χ0v) is 34.6. The number of nitrogens with one attached hydrogen (secondary N) is 1. The average Bonchev–Trinajstić information content (AvgIpc) is 3.59. The number of benzene rings is 4. The maximum absolute atomic E-state index is 11.9. The number of nitrogens with zero attached hydrogens (tertiary/aromatic N) is 3. The monoisotopic (exact) mass is 1000 g/mol. The van der Waals surface area contributed by atoms with Crippen molar-refractivity contribution < 1.29 is 38.2 Å². The van der Waals surface area contributed by atoms with Crippen LogP contribution in [0, 0.1) is 0 Å². The first-order valence-corrected chi connectivity index (χ1v) is 18.1. The normalized spacial score (nSPS) is 9.78. The van der Waals surface area contributed by atoms with Crippen LogP contribution in [-0.2, 0) is 23.8 Å². The molecule has 292 valence electrons. The Morgan fingerprint density at radius 2 is 1.16 bits per heavy atom. The molecule has 5 aromatic rings. The number of aromatic nitrogens is 3. The highest BCUT2D eigenvalue weighted by atomic mass is 79.9. The quantitative estimate of drug-likeness (QED) is 0.0688. The first kappa shape index (κ1) is 48.9. The highest BCUT2D eigenvalue weighted by Gasteiger charge is 2.30. The number of carbonyl (C=O) groups excluding carboxylic acids is 5. The largest absolute Gasteiger partial charge is 0.467 e. The van der Waals surface area contributed by atoms with E-state index in [-0.39, 0.29) is 20.7 Å². The molecule has 4 aromatic carbocycles. The smallest absolute Gasteiger partial charge is 0.377 e. The Morgan fingerprint density at radius 3 is 1.60 bits per heavy atom. The van der Waals surface area contributed by atoms with E-state index in [0.29, 0.717) is 32.7 Å². The number of rotatable bonds is 8. The molecule has 5 rings (SSSR count). The molecular weight excluding hydrogens is 974 g/mol. The third kappa shape index (κ3) is 14.5. The van der Waals surface area contributed by atoms with Crippen LogP contribution in [0.5, 0.6) is 0 Å². The van der Waals surface area contributed by atoms with E-state index in [2.05, 4.69) is 72.7 Å². The molecule has 0 saturated carbocycles. The fraction of sp³-hybridized carbons (Fsp3) is 0.162. The summed E-state index contributed by atoms with van der Waals surface area (Å²) < 4.78 is 17.7. The molecule has 0 fully saturated rings. The zero-order chi connectivity index (χ0) is 39.2. The Bertz CT molecular complexity index is 2070. The van der Waals surface area contributed by atoms with E-state index in [0.717, 1.165) is 33.2 Å². The lowest BCUT2D eigenvalue weighted by Crippen LogP contribution is -2.47. The molecule has 0 radical (unpaired) electrons. The van der Waals surface area contributed by atoms with Crippen LogP contribution in [-0.4, -0.2) is 71.2 Å². The van der Waals surface area contributed by atoms with Crippen molar-refractivity contribution in [3.8, 4) is 17.1 Å². The molecule has 0 aliphatic heterocycles.